The SMILES string of the molecule is COc1ccc([N+](=O)[O-])cc1CNCc1cccc(Cl)c1. The van der Waals surface area contributed by atoms with Crippen LogP contribution in [0.25, 0.3) is 0 Å². The summed E-state index contributed by atoms with van der Waals surface area (Å²) in [5.41, 5.74) is 1.84. The molecule has 0 amide bonds. The van der Waals surface area contributed by atoms with Gasteiger partial charge < -0.3 is 10.1 Å². The molecule has 110 valence electrons. The van der Waals surface area contributed by atoms with Crippen molar-refractivity contribution in [3.63, 3.8) is 0 Å². The number of benzene rings is 2. The largest absolute Gasteiger partial charge is 0.496 e. The Labute approximate surface area is 127 Å². The van der Waals surface area contributed by atoms with Crippen molar-refractivity contribution in [3.05, 3.63) is 68.7 Å². The smallest absolute Gasteiger partial charge is 0.270 e. The number of non-ortho nitro benzene ring substituents is 1. The van der Waals surface area contributed by atoms with Crippen LogP contribution in [0.4, 0.5) is 5.69 Å². The standard InChI is InChI=1S/C15H15ClN2O3/c1-21-15-6-5-14(18(19)20)8-12(15)10-17-9-11-3-2-4-13(16)7-11/h2-8,17H,9-10H2,1H3. The van der Waals surface area contributed by atoms with Crippen molar-refractivity contribution in [2.24, 2.45) is 0 Å². The van der Waals surface area contributed by atoms with Crippen molar-refractivity contribution in [1.82, 2.24) is 5.32 Å². The van der Waals surface area contributed by atoms with Crippen LogP contribution in [-0.4, -0.2) is 12.0 Å². The Morgan fingerprint density at radius 2 is 2.05 bits per heavy atom. The molecule has 2 rings (SSSR count). The van der Waals surface area contributed by atoms with Gasteiger partial charge in [-0.3, -0.25) is 10.1 Å². The topological polar surface area (TPSA) is 64.4 Å². The number of hydrogen-bond donors (Lipinski definition) is 1. The Balaban J connectivity index is 2.05. The van der Waals surface area contributed by atoms with E-state index in [9.17, 15) is 10.1 Å². The molecule has 0 unspecified atom stereocenters. The predicted molar refractivity (Wildman–Crippen MR) is 81.6 cm³/mol. The highest BCUT2D eigenvalue weighted by atomic mass is 35.5. The van der Waals surface area contributed by atoms with Gasteiger partial charge >= 0.3 is 0 Å². The van der Waals surface area contributed by atoms with Gasteiger partial charge in [0.25, 0.3) is 5.69 Å². The lowest BCUT2D eigenvalue weighted by Gasteiger charge is -2.10. The minimum atomic E-state index is -0.417. The number of nitrogens with zero attached hydrogens (tertiary/aromatic N) is 1. The number of halogens is 1. The highest BCUT2D eigenvalue weighted by Gasteiger charge is 2.10. The molecule has 0 saturated carbocycles. The first kappa shape index (κ1) is 15.3. The van der Waals surface area contributed by atoms with Crippen LogP contribution in [-0.2, 0) is 13.1 Å². The van der Waals surface area contributed by atoms with Crippen molar-refractivity contribution >= 4 is 17.3 Å². The molecule has 0 saturated heterocycles. The Bertz CT molecular complexity index is 647. The van der Waals surface area contributed by atoms with E-state index < -0.39 is 4.92 Å². The van der Waals surface area contributed by atoms with E-state index in [0.29, 0.717) is 23.9 Å². The summed E-state index contributed by atoms with van der Waals surface area (Å²) in [6.45, 7) is 1.09. The molecule has 0 heterocycles. The minimum Gasteiger partial charge on any atom is -0.496 e. The molecule has 0 aliphatic rings. The van der Waals surface area contributed by atoms with E-state index in [1.165, 1.54) is 12.1 Å². The number of methoxy groups -OCH3 is 1. The maximum atomic E-state index is 10.8. The van der Waals surface area contributed by atoms with Gasteiger partial charge in [-0.2, -0.15) is 0 Å². The summed E-state index contributed by atoms with van der Waals surface area (Å²) in [6.07, 6.45) is 0. The number of nitro groups is 1. The van der Waals surface area contributed by atoms with E-state index in [4.69, 9.17) is 16.3 Å². The van der Waals surface area contributed by atoms with Gasteiger partial charge in [0, 0.05) is 35.8 Å². The van der Waals surface area contributed by atoms with Crippen molar-refractivity contribution in [2.45, 2.75) is 13.1 Å². The molecule has 6 heteroatoms. The molecule has 0 aromatic heterocycles. The first-order valence-electron chi connectivity index (χ1n) is 6.36. The van der Waals surface area contributed by atoms with E-state index in [1.54, 1.807) is 13.2 Å². The Morgan fingerprint density at radius 3 is 2.71 bits per heavy atom. The quantitative estimate of drug-likeness (QED) is 0.655. The van der Waals surface area contributed by atoms with E-state index >= 15 is 0 Å². The van der Waals surface area contributed by atoms with Gasteiger partial charge in [-0.1, -0.05) is 23.7 Å². The van der Waals surface area contributed by atoms with Crippen LogP contribution in [0.1, 0.15) is 11.1 Å². The van der Waals surface area contributed by atoms with Gasteiger partial charge in [0.1, 0.15) is 5.75 Å². The van der Waals surface area contributed by atoms with Crippen LogP contribution in [0, 0.1) is 10.1 Å². The lowest BCUT2D eigenvalue weighted by molar-refractivity contribution is -0.384. The number of ether oxygens (including phenoxy) is 1. The average molecular weight is 307 g/mol. The summed E-state index contributed by atoms with van der Waals surface area (Å²) in [5, 5.41) is 14.7. The summed E-state index contributed by atoms with van der Waals surface area (Å²) >= 11 is 5.92. The van der Waals surface area contributed by atoms with Crippen LogP contribution < -0.4 is 10.1 Å². The molecule has 0 radical (unpaired) electrons. The minimum absolute atomic E-state index is 0.0513. The highest BCUT2D eigenvalue weighted by Crippen LogP contribution is 2.23. The molecular weight excluding hydrogens is 292 g/mol. The third kappa shape index (κ3) is 4.18. The second-order valence-electron chi connectivity index (χ2n) is 4.49. The van der Waals surface area contributed by atoms with Crippen LogP contribution >= 0.6 is 11.6 Å². The molecule has 21 heavy (non-hydrogen) atoms. The summed E-state index contributed by atoms with van der Waals surface area (Å²) in [4.78, 5) is 10.4. The Hall–Kier alpha value is -2.11. The van der Waals surface area contributed by atoms with E-state index in [-0.39, 0.29) is 5.69 Å². The van der Waals surface area contributed by atoms with Crippen LogP contribution in [0.5, 0.6) is 5.75 Å². The zero-order valence-corrected chi connectivity index (χ0v) is 12.3. The summed E-state index contributed by atoms with van der Waals surface area (Å²) in [6, 6.07) is 12.1. The summed E-state index contributed by atoms with van der Waals surface area (Å²) in [7, 11) is 1.54. The fourth-order valence-corrected chi connectivity index (χ4v) is 2.22. The Morgan fingerprint density at radius 1 is 1.24 bits per heavy atom. The van der Waals surface area contributed by atoms with Gasteiger partial charge in [-0.25, -0.2) is 0 Å². The van der Waals surface area contributed by atoms with Gasteiger partial charge in [-0.15, -0.1) is 0 Å². The predicted octanol–water partition coefficient (Wildman–Crippen LogP) is 3.55. The molecule has 0 aliphatic carbocycles. The zero-order valence-electron chi connectivity index (χ0n) is 11.5. The van der Waals surface area contributed by atoms with Crippen LogP contribution in [0.2, 0.25) is 5.02 Å². The molecule has 0 spiro atoms. The monoisotopic (exact) mass is 306 g/mol. The maximum absolute atomic E-state index is 10.8. The highest BCUT2D eigenvalue weighted by molar-refractivity contribution is 6.30. The van der Waals surface area contributed by atoms with Crippen LogP contribution in [0.15, 0.2) is 42.5 Å². The molecule has 0 fully saturated rings. The molecule has 2 aromatic rings. The van der Waals surface area contributed by atoms with Crippen LogP contribution in [0.3, 0.4) is 0 Å². The third-order valence-electron chi connectivity index (χ3n) is 3.01. The first-order valence-corrected chi connectivity index (χ1v) is 6.74. The van der Waals surface area contributed by atoms with Gasteiger partial charge in [0.15, 0.2) is 0 Å². The molecule has 5 nitrogen and oxygen atoms in total. The second-order valence-corrected chi connectivity index (χ2v) is 4.92. The lowest BCUT2D eigenvalue weighted by Crippen LogP contribution is -2.13. The van der Waals surface area contributed by atoms with Crippen molar-refractivity contribution in [3.8, 4) is 5.75 Å². The average Bonchev–Trinajstić information content (AvgIpc) is 2.47. The number of nitro benzene ring substituents is 1. The second kappa shape index (κ2) is 7.06. The van der Waals surface area contributed by atoms with E-state index in [2.05, 4.69) is 5.32 Å². The zero-order chi connectivity index (χ0) is 15.2. The molecule has 0 bridgehead atoms. The summed E-state index contributed by atoms with van der Waals surface area (Å²) in [5.74, 6) is 0.624. The normalized spacial score (nSPS) is 10.4. The van der Waals surface area contributed by atoms with Crippen molar-refractivity contribution in [2.75, 3.05) is 7.11 Å². The molecular formula is C15H15ClN2O3. The van der Waals surface area contributed by atoms with Crippen molar-refractivity contribution < 1.29 is 9.66 Å². The fourth-order valence-electron chi connectivity index (χ4n) is 2.01. The van der Waals surface area contributed by atoms with E-state index in [0.717, 1.165) is 11.1 Å². The van der Waals surface area contributed by atoms with Crippen molar-refractivity contribution in [1.29, 1.82) is 0 Å². The maximum Gasteiger partial charge on any atom is 0.270 e. The summed E-state index contributed by atoms with van der Waals surface area (Å²) < 4.78 is 5.22. The first-order chi connectivity index (χ1) is 10.1. The van der Waals surface area contributed by atoms with E-state index in [1.807, 2.05) is 24.3 Å². The van der Waals surface area contributed by atoms with Gasteiger partial charge in [-0.05, 0) is 23.8 Å². The number of rotatable bonds is 6. The number of hydrogen-bond acceptors (Lipinski definition) is 4. The van der Waals surface area contributed by atoms with Gasteiger partial charge in [0.2, 0.25) is 0 Å². The Kier molecular flexibility index (Phi) is 5.14. The molecule has 1 N–H and O–H groups in total. The molecule has 2 aromatic carbocycles. The number of nitrogens with one attached hydrogen (secondary N) is 1. The van der Waals surface area contributed by atoms with Gasteiger partial charge in [0.05, 0.1) is 12.0 Å². The molecule has 0 atom stereocenters. The fraction of sp³-hybridized carbons (Fsp3) is 0.200. The molecule has 0 aliphatic heterocycles. The lowest BCUT2D eigenvalue weighted by atomic mass is 10.1. The third-order valence-corrected chi connectivity index (χ3v) is 3.24.